The summed E-state index contributed by atoms with van der Waals surface area (Å²) >= 11 is 6.18. The number of H-pyrrole nitrogens is 1. The fourth-order valence-electron chi connectivity index (χ4n) is 4.81. The van der Waals surface area contributed by atoms with Gasteiger partial charge in [0.1, 0.15) is 6.04 Å². The molecule has 2 amide bonds. The van der Waals surface area contributed by atoms with Crippen LogP contribution in [0.5, 0.6) is 0 Å². The van der Waals surface area contributed by atoms with E-state index in [9.17, 15) is 9.59 Å². The standard InChI is InChI=1S/C28H28ClN3O2/c1-18(20-10-12-22-23-17-21(29)11-13-24(23)30-25(22)16-20)27(33)31-26(19-8-4-2-5-9-19)28(34)32-14-6-3-7-15-32/h2,4-5,8-13,16-18,26,30H,3,6-7,14-15H2,1H3,(H,31,33). The molecule has 2 heterocycles. The van der Waals surface area contributed by atoms with Crippen molar-refractivity contribution in [1.82, 2.24) is 15.2 Å². The molecule has 3 aromatic carbocycles. The van der Waals surface area contributed by atoms with Gasteiger partial charge >= 0.3 is 0 Å². The van der Waals surface area contributed by atoms with Gasteiger partial charge in [-0.2, -0.15) is 0 Å². The topological polar surface area (TPSA) is 65.2 Å². The van der Waals surface area contributed by atoms with E-state index < -0.39 is 12.0 Å². The summed E-state index contributed by atoms with van der Waals surface area (Å²) in [5.74, 6) is -0.619. The van der Waals surface area contributed by atoms with Crippen LogP contribution >= 0.6 is 11.6 Å². The Morgan fingerprint density at radius 2 is 1.65 bits per heavy atom. The maximum atomic E-state index is 13.4. The van der Waals surface area contributed by atoms with E-state index >= 15 is 0 Å². The molecule has 1 aliphatic rings. The maximum Gasteiger partial charge on any atom is 0.249 e. The van der Waals surface area contributed by atoms with Crippen LogP contribution in [0.4, 0.5) is 0 Å². The Balaban J connectivity index is 1.40. The lowest BCUT2D eigenvalue weighted by Gasteiger charge is -2.31. The molecule has 0 spiro atoms. The molecule has 0 bridgehead atoms. The largest absolute Gasteiger partial charge is 0.355 e. The lowest BCUT2D eigenvalue weighted by Crippen LogP contribution is -2.45. The number of carbonyl (C=O) groups is 2. The Morgan fingerprint density at radius 1 is 0.882 bits per heavy atom. The average molecular weight is 474 g/mol. The van der Waals surface area contributed by atoms with E-state index in [4.69, 9.17) is 11.6 Å². The number of benzene rings is 3. The van der Waals surface area contributed by atoms with Gasteiger partial charge in [0.25, 0.3) is 0 Å². The van der Waals surface area contributed by atoms with Gasteiger partial charge in [0, 0.05) is 39.9 Å². The van der Waals surface area contributed by atoms with Crippen LogP contribution in [0.1, 0.15) is 49.3 Å². The van der Waals surface area contributed by atoms with Crippen LogP contribution in [0, 0.1) is 0 Å². The lowest BCUT2D eigenvalue weighted by molar-refractivity contribution is -0.137. The van der Waals surface area contributed by atoms with Crippen LogP contribution < -0.4 is 5.32 Å². The first kappa shape index (κ1) is 22.5. The zero-order valence-corrected chi connectivity index (χ0v) is 19.9. The van der Waals surface area contributed by atoms with Gasteiger partial charge in [-0.15, -0.1) is 0 Å². The number of aromatic nitrogens is 1. The molecule has 1 aromatic heterocycles. The Labute approximate surface area is 204 Å². The van der Waals surface area contributed by atoms with Crippen LogP contribution in [0.25, 0.3) is 21.8 Å². The summed E-state index contributed by atoms with van der Waals surface area (Å²) in [5.41, 5.74) is 3.66. The Bertz CT molecular complexity index is 1340. The minimum Gasteiger partial charge on any atom is -0.355 e. The fourth-order valence-corrected chi connectivity index (χ4v) is 4.98. The number of hydrogen-bond acceptors (Lipinski definition) is 2. The molecule has 0 radical (unpaired) electrons. The minimum absolute atomic E-state index is 0.0330. The second-order valence-electron chi connectivity index (χ2n) is 9.08. The highest BCUT2D eigenvalue weighted by atomic mass is 35.5. The molecule has 6 heteroatoms. The third-order valence-electron chi connectivity index (χ3n) is 6.81. The van der Waals surface area contributed by atoms with Gasteiger partial charge in [0.2, 0.25) is 11.8 Å². The smallest absolute Gasteiger partial charge is 0.249 e. The number of rotatable bonds is 5. The molecule has 0 saturated carbocycles. The zero-order chi connectivity index (χ0) is 23.7. The highest BCUT2D eigenvalue weighted by Crippen LogP contribution is 2.30. The van der Waals surface area contributed by atoms with E-state index in [1.54, 1.807) is 0 Å². The van der Waals surface area contributed by atoms with Crippen molar-refractivity contribution in [2.45, 2.75) is 38.1 Å². The summed E-state index contributed by atoms with van der Waals surface area (Å²) in [6, 6.07) is 20.6. The molecule has 2 unspecified atom stereocenters. The van der Waals surface area contributed by atoms with E-state index in [2.05, 4.69) is 10.3 Å². The van der Waals surface area contributed by atoms with Crippen molar-refractivity contribution >= 4 is 45.2 Å². The predicted octanol–water partition coefficient (Wildman–Crippen LogP) is 5.95. The molecule has 5 nitrogen and oxygen atoms in total. The number of fused-ring (bicyclic) bond motifs is 3. The van der Waals surface area contributed by atoms with E-state index in [1.807, 2.05) is 78.6 Å². The zero-order valence-electron chi connectivity index (χ0n) is 19.2. The van der Waals surface area contributed by atoms with Crippen molar-refractivity contribution in [3.63, 3.8) is 0 Å². The summed E-state index contributed by atoms with van der Waals surface area (Å²) in [6.45, 7) is 3.37. The normalized spacial score (nSPS) is 15.9. The number of halogens is 1. The molecule has 1 fully saturated rings. The number of carbonyl (C=O) groups excluding carboxylic acids is 2. The van der Waals surface area contributed by atoms with Crippen molar-refractivity contribution in [3.05, 3.63) is 82.9 Å². The number of amides is 2. The van der Waals surface area contributed by atoms with Crippen molar-refractivity contribution in [3.8, 4) is 0 Å². The molecule has 34 heavy (non-hydrogen) atoms. The molecule has 0 aliphatic carbocycles. The number of likely N-dealkylation sites (tertiary alicyclic amines) is 1. The maximum absolute atomic E-state index is 13.4. The quantitative estimate of drug-likeness (QED) is 0.376. The summed E-state index contributed by atoms with van der Waals surface area (Å²) in [5, 5.41) is 5.87. The second-order valence-corrected chi connectivity index (χ2v) is 9.52. The first-order valence-corrected chi connectivity index (χ1v) is 12.2. The Morgan fingerprint density at radius 3 is 2.41 bits per heavy atom. The van der Waals surface area contributed by atoms with Crippen LogP contribution in [-0.4, -0.2) is 34.8 Å². The molecule has 1 aliphatic heterocycles. The number of aromatic amines is 1. The highest BCUT2D eigenvalue weighted by molar-refractivity contribution is 6.31. The van der Waals surface area contributed by atoms with Gasteiger partial charge in [0.15, 0.2) is 0 Å². The SMILES string of the molecule is CC(C(=O)NC(C(=O)N1CCCCC1)c1ccccc1)c1ccc2c(c1)[nH]c1ccc(Cl)cc12. The number of piperidine rings is 1. The van der Waals surface area contributed by atoms with Crippen molar-refractivity contribution in [1.29, 1.82) is 0 Å². The predicted molar refractivity (Wildman–Crippen MR) is 137 cm³/mol. The second kappa shape index (κ2) is 9.51. The molecular formula is C28H28ClN3O2. The fraction of sp³-hybridized carbons (Fsp3) is 0.286. The number of hydrogen-bond donors (Lipinski definition) is 2. The van der Waals surface area contributed by atoms with Gasteiger partial charge in [-0.1, -0.05) is 54.1 Å². The van der Waals surface area contributed by atoms with Crippen LogP contribution in [0.2, 0.25) is 5.02 Å². The number of nitrogens with zero attached hydrogens (tertiary/aromatic N) is 1. The Kier molecular flexibility index (Phi) is 6.29. The van der Waals surface area contributed by atoms with Gasteiger partial charge in [-0.3, -0.25) is 9.59 Å². The minimum atomic E-state index is -0.687. The molecule has 2 atom stereocenters. The van der Waals surface area contributed by atoms with Crippen molar-refractivity contribution < 1.29 is 9.59 Å². The van der Waals surface area contributed by atoms with Crippen LogP contribution in [-0.2, 0) is 9.59 Å². The lowest BCUT2D eigenvalue weighted by atomic mass is 9.97. The van der Waals surface area contributed by atoms with Crippen molar-refractivity contribution in [2.24, 2.45) is 0 Å². The Hall–Kier alpha value is -3.31. The summed E-state index contributed by atoms with van der Waals surface area (Å²) < 4.78 is 0. The monoisotopic (exact) mass is 473 g/mol. The van der Waals surface area contributed by atoms with Crippen LogP contribution in [0.15, 0.2) is 66.7 Å². The third kappa shape index (κ3) is 4.40. The first-order chi connectivity index (χ1) is 16.5. The van der Waals surface area contributed by atoms with E-state index in [0.29, 0.717) is 5.02 Å². The highest BCUT2D eigenvalue weighted by Gasteiger charge is 2.30. The van der Waals surface area contributed by atoms with Crippen molar-refractivity contribution in [2.75, 3.05) is 13.1 Å². The molecule has 174 valence electrons. The molecule has 2 N–H and O–H groups in total. The first-order valence-electron chi connectivity index (χ1n) is 11.9. The summed E-state index contributed by atoms with van der Waals surface area (Å²) in [7, 11) is 0. The van der Waals surface area contributed by atoms with E-state index in [0.717, 1.165) is 65.3 Å². The molecule has 5 rings (SSSR count). The summed E-state index contributed by atoms with van der Waals surface area (Å²) in [4.78, 5) is 32.0. The number of nitrogens with one attached hydrogen (secondary N) is 2. The molecular weight excluding hydrogens is 446 g/mol. The molecule has 1 saturated heterocycles. The third-order valence-corrected chi connectivity index (χ3v) is 7.05. The van der Waals surface area contributed by atoms with Gasteiger partial charge in [0.05, 0.1) is 5.92 Å². The van der Waals surface area contributed by atoms with E-state index in [-0.39, 0.29) is 11.8 Å². The van der Waals surface area contributed by atoms with Gasteiger partial charge in [-0.05, 0) is 61.6 Å². The van der Waals surface area contributed by atoms with E-state index in [1.165, 1.54) is 0 Å². The van der Waals surface area contributed by atoms with Crippen LogP contribution in [0.3, 0.4) is 0 Å². The van der Waals surface area contributed by atoms with Gasteiger partial charge in [-0.25, -0.2) is 0 Å². The average Bonchev–Trinajstić information content (AvgIpc) is 3.24. The molecule has 4 aromatic rings. The summed E-state index contributed by atoms with van der Waals surface area (Å²) in [6.07, 6.45) is 3.16. The van der Waals surface area contributed by atoms with Gasteiger partial charge < -0.3 is 15.2 Å².